The number of Topliss-reactive ketones (excluding diaryl/α,β-unsaturated/α-hetero) is 1. The summed E-state index contributed by atoms with van der Waals surface area (Å²) in [5.41, 5.74) is 3.40. The second-order valence-corrected chi connectivity index (χ2v) is 8.12. The van der Waals surface area contributed by atoms with Crippen LogP contribution in [-0.2, 0) is 10.2 Å². The number of benzene rings is 2. The summed E-state index contributed by atoms with van der Waals surface area (Å²) in [6.45, 7) is 6.31. The van der Waals surface area contributed by atoms with Gasteiger partial charge in [0.15, 0.2) is 11.5 Å². The van der Waals surface area contributed by atoms with Gasteiger partial charge in [-0.2, -0.15) is 0 Å². The minimum absolute atomic E-state index is 0.00381. The van der Waals surface area contributed by atoms with Crippen molar-refractivity contribution in [2.75, 3.05) is 5.32 Å². The summed E-state index contributed by atoms with van der Waals surface area (Å²) in [6, 6.07) is 12.4. The van der Waals surface area contributed by atoms with E-state index in [1.165, 1.54) is 0 Å². The van der Waals surface area contributed by atoms with Crippen LogP contribution in [-0.4, -0.2) is 16.7 Å². The molecule has 0 atom stereocenters. The maximum atomic E-state index is 12.4. The predicted molar refractivity (Wildman–Crippen MR) is 104 cm³/mol. The first-order valence-electron chi connectivity index (χ1n) is 9.18. The number of hydrogen-bond acceptors (Lipinski definition) is 4. The molecule has 27 heavy (non-hydrogen) atoms. The molecule has 2 aromatic carbocycles. The highest BCUT2D eigenvalue weighted by molar-refractivity contribution is 6.46. The van der Waals surface area contributed by atoms with Gasteiger partial charge < -0.3 is 9.73 Å². The average molecular weight is 362 g/mol. The summed E-state index contributed by atoms with van der Waals surface area (Å²) in [5.74, 6) is -0.0465. The van der Waals surface area contributed by atoms with Gasteiger partial charge in [0.1, 0.15) is 5.52 Å². The van der Waals surface area contributed by atoms with Crippen LogP contribution in [0.3, 0.4) is 0 Å². The third-order valence-electron chi connectivity index (χ3n) is 4.81. The molecule has 3 aromatic rings. The Morgan fingerprint density at radius 1 is 1.07 bits per heavy atom. The number of hydrogen-bond donors (Lipinski definition) is 1. The largest absolute Gasteiger partial charge is 0.440 e. The molecule has 5 heteroatoms. The van der Waals surface area contributed by atoms with Crippen molar-refractivity contribution in [2.24, 2.45) is 0 Å². The van der Waals surface area contributed by atoms with Gasteiger partial charge in [-0.15, -0.1) is 0 Å². The van der Waals surface area contributed by atoms with E-state index in [0.717, 1.165) is 24.3 Å². The molecular weight excluding hydrogens is 340 g/mol. The van der Waals surface area contributed by atoms with Crippen LogP contribution in [0.2, 0.25) is 0 Å². The molecule has 1 saturated carbocycles. The van der Waals surface area contributed by atoms with E-state index in [1.807, 2.05) is 12.1 Å². The van der Waals surface area contributed by atoms with Crippen LogP contribution in [0.4, 0.5) is 5.69 Å². The number of nitrogens with one attached hydrogen (secondary N) is 1. The molecule has 1 heterocycles. The Bertz CT molecular complexity index is 1020. The van der Waals surface area contributed by atoms with E-state index in [0.29, 0.717) is 28.3 Å². The fraction of sp³-hybridized carbons (Fsp3) is 0.318. The molecular formula is C22H22N2O3. The average Bonchev–Trinajstić information content (AvgIpc) is 3.40. The third-order valence-corrected chi connectivity index (χ3v) is 4.81. The topological polar surface area (TPSA) is 72.2 Å². The summed E-state index contributed by atoms with van der Waals surface area (Å²) in [6.07, 6.45) is 2.22. The summed E-state index contributed by atoms with van der Waals surface area (Å²) in [5, 5.41) is 2.66. The predicted octanol–water partition coefficient (Wildman–Crippen LogP) is 4.82. The second-order valence-electron chi connectivity index (χ2n) is 8.12. The van der Waals surface area contributed by atoms with Gasteiger partial charge in [-0.25, -0.2) is 4.98 Å². The maximum absolute atomic E-state index is 12.4. The molecule has 4 rings (SSSR count). The highest BCUT2D eigenvalue weighted by Gasteiger charge is 2.29. The number of aromatic nitrogens is 1. The number of carbonyl (C=O) groups excluding carboxylic acids is 2. The summed E-state index contributed by atoms with van der Waals surface area (Å²) in [4.78, 5) is 29.3. The van der Waals surface area contributed by atoms with Gasteiger partial charge in [-0.3, -0.25) is 9.59 Å². The van der Waals surface area contributed by atoms with E-state index in [9.17, 15) is 9.59 Å². The van der Waals surface area contributed by atoms with Gasteiger partial charge in [-0.1, -0.05) is 45.0 Å². The Morgan fingerprint density at radius 3 is 2.41 bits per heavy atom. The number of nitrogens with zero attached hydrogens (tertiary/aromatic N) is 1. The lowest BCUT2D eigenvalue weighted by Crippen LogP contribution is -2.23. The number of fused-ring (bicyclic) bond motifs is 1. The second kappa shape index (κ2) is 6.34. The fourth-order valence-corrected chi connectivity index (χ4v) is 2.97. The van der Waals surface area contributed by atoms with Gasteiger partial charge >= 0.3 is 0 Å². The van der Waals surface area contributed by atoms with Crippen molar-refractivity contribution in [2.45, 2.75) is 44.9 Å². The van der Waals surface area contributed by atoms with Crippen LogP contribution in [0.1, 0.15) is 61.3 Å². The highest BCUT2D eigenvalue weighted by Crippen LogP contribution is 2.40. The molecule has 138 valence electrons. The highest BCUT2D eigenvalue weighted by atomic mass is 16.3. The molecule has 1 aromatic heterocycles. The zero-order valence-corrected chi connectivity index (χ0v) is 15.7. The van der Waals surface area contributed by atoms with Crippen LogP contribution in [0.5, 0.6) is 0 Å². The molecule has 1 fully saturated rings. The van der Waals surface area contributed by atoms with E-state index < -0.39 is 11.7 Å². The number of carbonyl (C=O) groups is 2. The number of rotatable bonds is 4. The van der Waals surface area contributed by atoms with Crippen LogP contribution < -0.4 is 5.32 Å². The molecule has 1 amide bonds. The molecule has 0 spiro atoms. The molecule has 1 aliphatic carbocycles. The summed E-state index contributed by atoms with van der Waals surface area (Å²) in [7, 11) is 0. The summed E-state index contributed by atoms with van der Waals surface area (Å²) >= 11 is 0. The maximum Gasteiger partial charge on any atom is 0.296 e. The quantitative estimate of drug-likeness (QED) is 0.533. The molecule has 0 bridgehead atoms. The SMILES string of the molecule is CC(C)(C)c1ccc(C(=O)C(=O)Nc2ccc3oc(C4CC4)nc3c2)cc1. The van der Waals surface area contributed by atoms with Gasteiger partial charge in [0, 0.05) is 17.2 Å². The van der Waals surface area contributed by atoms with Crippen LogP contribution in [0, 0.1) is 0 Å². The first-order valence-corrected chi connectivity index (χ1v) is 9.18. The van der Waals surface area contributed by atoms with Gasteiger partial charge in [0.05, 0.1) is 0 Å². The molecule has 0 saturated heterocycles. The lowest BCUT2D eigenvalue weighted by molar-refractivity contribution is -0.112. The van der Waals surface area contributed by atoms with Crippen molar-refractivity contribution in [3.8, 4) is 0 Å². The minimum Gasteiger partial charge on any atom is -0.440 e. The Hall–Kier alpha value is -2.95. The van der Waals surface area contributed by atoms with E-state index in [1.54, 1.807) is 30.3 Å². The number of amides is 1. The van der Waals surface area contributed by atoms with E-state index in [2.05, 4.69) is 31.1 Å². The van der Waals surface area contributed by atoms with E-state index >= 15 is 0 Å². The number of anilines is 1. The third kappa shape index (κ3) is 3.63. The van der Waals surface area contributed by atoms with Gasteiger partial charge in [0.2, 0.25) is 0 Å². The Morgan fingerprint density at radius 2 is 1.78 bits per heavy atom. The zero-order valence-electron chi connectivity index (χ0n) is 15.7. The molecule has 1 N–H and O–H groups in total. The molecule has 0 unspecified atom stereocenters. The Balaban J connectivity index is 1.49. The molecule has 0 radical (unpaired) electrons. The van der Waals surface area contributed by atoms with Crippen molar-refractivity contribution in [3.05, 3.63) is 59.5 Å². The first-order chi connectivity index (χ1) is 12.8. The monoisotopic (exact) mass is 362 g/mol. The standard InChI is InChI=1S/C22H22N2O3/c1-22(2,3)15-8-6-13(7-9-15)19(25)20(26)23-16-10-11-18-17(12-16)24-21(27-18)14-4-5-14/h6-12,14H,4-5H2,1-3H3,(H,23,26). The number of ketones is 1. The zero-order chi connectivity index (χ0) is 19.2. The van der Waals surface area contributed by atoms with Crippen LogP contribution in [0.25, 0.3) is 11.1 Å². The van der Waals surface area contributed by atoms with Crippen molar-refractivity contribution in [1.82, 2.24) is 4.98 Å². The lowest BCUT2D eigenvalue weighted by Gasteiger charge is -2.18. The van der Waals surface area contributed by atoms with Crippen LogP contribution >= 0.6 is 0 Å². The smallest absolute Gasteiger partial charge is 0.296 e. The lowest BCUT2D eigenvalue weighted by atomic mass is 9.86. The fourth-order valence-electron chi connectivity index (χ4n) is 2.97. The first kappa shape index (κ1) is 17.5. The van der Waals surface area contributed by atoms with Crippen molar-refractivity contribution in [1.29, 1.82) is 0 Å². The number of oxazole rings is 1. The Kier molecular flexibility index (Phi) is 4.10. The molecule has 5 nitrogen and oxygen atoms in total. The van der Waals surface area contributed by atoms with Crippen molar-refractivity contribution >= 4 is 28.5 Å². The van der Waals surface area contributed by atoms with Crippen molar-refractivity contribution < 1.29 is 14.0 Å². The molecule has 1 aliphatic rings. The van der Waals surface area contributed by atoms with Gasteiger partial charge in [-0.05, 0) is 42.0 Å². The normalized spacial score (nSPS) is 14.3. The summed E-state index contributed by atoms with van der Waals surface area (Å²) < 4.78 is 5.72. The minimum atomic E-state index is -0.663. The van der Waals surface area contributed by atoms with Gasteiger partial charge in [0.25, 0.3) is 11.7 Å². The van der Waals surface area contributed by atoms with Crippen molar-refractivity contribution in [3.63, 3.8) is 0 Å². The van der Waals surface area contributed by atoms with E-state index in [4.69, 9.17) is 4.42 Å². The molecule has 0 aliphatic heterocycles. The Labute approximate surface area is 157 Å². The van der Waals surface area contributed by atoms with E-state index in [-0.39, 0.29) is 5.41 Å². The van der Waals surface area contributed by atoms with Crippen LogP contribution in [0.15, 0.2) is 46.9 Å².